The van der Waals surface area contributed by atoms with Gasteiger partial charge in [0.1, 0.15) is 0 Å². The van der Waals surface area contributed by atoms with E-state index >= 15 is 0 Å². The summed E-state index contributed by atoms with van der Waals surface area (Å²) in [7, 11) is -0.0606. The Morgan fingerprint density at radius 3 is 2.27 bits per heavy atom. The van der Waals surface area contributed by atoms with E-state index in [0.717, 1.165) is 0 Å². The van der Waals surface area contributed by atoms with Crippen molar-refractivity contribution < 1.29 is 8.42 Å². The Labute approximate surface area is 89.9 Å². The van der Waals surface area contributed by atoms with Crippen LogP contribution in [0.5, 0.6) is 0 Å². The Balaban J connectivity index is 2.73. The highest BCUT2D eigenvalue weighted by molar-refractivity contribution is 7.88. The minimum absolute atomic E-state index is 0.0501. The Morgan fingerprint density at radius 1 is 1.27 bits per heavy atom. The molecular formula is C9H15N3O2S. The van der Waals surface area contributed by atoms with Gasteiger partial charge in [-0.1, -0.05) is 12.1 Å². The normalized spacial score (nSPS) is 11.9. The second-order valence-electron chi connectivity index (χ2n) is 3.49. The molecule has 6 heteroatoms. The third-order valence-corrected chi connectivity index (χ3v) is 3.01. The van der Waals surface area contributed by atoms with Crippen LogP contribution in [-0.2, 0) is 15.8 Å². The summed E-state index contributed by atoms with van der Waals surface area (Å²) in [5.74, 6) is -0.0501. The topological polar surface area (TPSA) is 75.4 Å². The van der Waals surface area contributed by atoms with Crippen LogP contribution in [0.2, 0.25) is 0 Å². The van der Waals surface area contributed by atoms with Crippen LogP contribution in [0.3, 0.4) is 0 Å². The summed E-state index contributed by atoms with van der Waals surface area (Å²) in [4.78, 5) is 2.36. The predicted octanol–water partition coefficient (Wildman–Crippen LogP) is 0.165. The zero-order valence-electron chi connectivity index (χ0n) is 8.77. The number of nitrogens with one attached hydrogen (secondary N) is 1. The second-order valence-corrected chi connectivity index (χ2v) is 5.19. The first-order valence-corrected chi connectivity index (χ1v) is 6.06. The quantitative estimate of drug-likeness (QED) is 0.570. The molecule has 84 valence electrons. The Kier molecular flexibility index (Phi) is 3.67. The summed E-state index contributed by atoms with van der Waals surface area (Å²) in [6.45, 7) is 0. The number of hydrazine groups is 1. The number of hydrogen-bond donors (Lipinski definition) is 2. The Bertz CT molecular complexity index is 411. The molecule has 0 atom stereocenters. The lowest BCUT2D eigenvalue weighted by Gasteiger charge is -2.12. The summed E-state index contributed by atoms with van der Waals surface area (Å²) >= 11 is 0. The van der Waals surface area contributed by atoms with Gasteiger partial charge in [-0.2, -0.15) is 0 Å². The van der Waals surface area contributed by atoms with Gasteiger partial charge in [0.2, 0.25) is 10.0 Å². The highest BCUT2D eigenvalue weighted by Crippen LogP contribution is 2.08. The molecule has 0 heterocycles. The molecule has 1 rings (SSSR count). The van der Waals surface area contributed by atoms with Gasteiger partial charge in [0, 0.05) is 19.8 Å². The zero-order valence-corrected chi connectivity index (χ0v) is 9.58. The molecule has 0 unspecified atom stereocenters. The van der Waals surface area contributed by atoms with Gasteiger partial charge in [-0.05, 0) is 17.7 Å². The SMILES string of the molecule is CN(C)NS(=O)(=O)Cc1ccc(N)cc1. The third kappa shape index (κ3) is 4.28. The van der Waals surface area contributed by atoms with E-state index in [-0.39, 0.29) is 5.75 Å². The summed E-state index contributed by atoms with van der Waals surface area (Å²) < 4.78 is 23.0. The maximum atomic E-state index is 11.5. The standard InChI is InChI=1S/C9H15N3O2S/c1-12(2)11-15(13,14)7-8-3-5-9(10)6-4-8/h3-6,11H,7,10H2,1-2H3. The first-order valence-electron chi connectivity index (χ1n) is 4.41. The number of sulfonamides is 1. The number of nitrogen functional groups attached to an aromatic ring is 1. The van der Waals surface area contributed by atoms with Gasteiger partial charge < -0.3 is 5.73 Å². The van der Waals surface area contributed by atoms with Crippen molar-refractivity contribution in [2.45, 2.75) is 5.75 Å². The maximum Gasteiger partial charge on any atom is 0.228 e. The van der Waals surface area contributed by atoms with Crippen molar-refractivity contribution in [2.24, 2.45) is 0 Å². The van der Waals surface area contributed by atoms with E-state index in [2.05, 4.69) is 4.83 Å². The van der Waals surface area contributed by atoms with Crippen molar-refractivity contribution in [3.8, 4) is 0 Å². The molecule has 1 aromatic carbocycles. The van der Waals surface area contributed by atoms with Crippen LogP contribution in [0.4, 0.5) is 5.69 Å². The van der Waals surface area contributed by atoms with E-state index in [1.807, 2.05) is 0 Å². The van der Waals surface area contributed by atoms with Crippen molar-refractivity contribution in [3.63, 3.8) is 0 Å². The van der Waals surface area contributed by atoms with E-state index in [0.29, 0.717) is 11.3 Å². The van der Waals surface area contributed by atoms with Crippen molar-refractivity contribution in [3.05, 3.63) is 29.8 Å². The van der Waals surface area contributed by atoms with Gasteiger partial charge in [-0.15, -0.1) is 4.83 Å². The monoisotopic (exact) mass is 229 g/mol. The van der Waals surface area contributed by atoms with E-state index in [4.69, 9.17) is 5.73 Å². The molecule has 0 radical (unpaired) electrons. The lowest BCUT2D eigenvalue weighted by atomic mass is 10.2. The molecule has 0 aliphatic heterocycles. The van der Waals surface area contributed by atoms with Crippen LogP contribution in [0.15, 0.2) is 24.3 Å². The van der Waals surface area contributed by atoms with Gasteiger partial charge in [-0.25, -0.2) is 13.4 Å². The van der Waals surface area contributed by atoms with E-state index in [9.17, 15) is 8.42 Å². The molecule has 5 nitrogen and oxygen atoms in total. The minimum atomic E-state index is -3.31. The molecule has 0 bridgehead atoms. The van der Waals surface area contributed by atoms with Gasteiger partial charge in [0.15, 0.2) is 0 Å². The van der Waals surface area contributed by atoms with Gasteiger partial charge in [0.25, 0.3) is 0 Å². The molecule has 0 aliphatic carbocycles. The fourth-order valence-corrected chi connectivity index (χ4v) is 2.40. The van der Waals surface area contributed by atoms with Crippen LogP contribution in [0, 0.1) is 0 Å². The average molecular weight is 229 g/mol. The Morgan fingerprint density at radius 2 is 1.80 bits per heavy atom. The van der Waals surface area contributed by atoms with Crippen LogP contribution in [0.1, 0.15) is 5.56 Å². The smallest absolute Gasteiger partial charge is 0.228 e. The molecule has 3 N–H and O–H groups in total. The first kappa shape index (κ1) is 12.0. The van der Waals surface area contributed by atoms with Crippen LogP contribution in [-0.4, -0.2) is 27.5 Å². The van der Waals surface area contributed by atoms with Gasteiger partial charge in [0.05, 0.1) is 5.75 Å². The largest absolute Gasteiger partial charge is 0.399 e. The molecule has 0 saturated carbocycles. The van der Waals surface area contributed by atoms with Gasteiger partial charge in [-0.3, -0.25) is 0 Å². The number of nitrogens with zero attached hydrogens (tertiary/aromatic N) is 1. The predicted molar refractivity (Wildman–Crippen MR) is 60.3 cm³/mol. The molecule has 0 amide bonds. The van der Waals surface area contributed by atoms with Crippen LogP contribution >= 0.6 is 0 Å². The maximum absolute atomic E-state index is 11.5. The molecule has 0 spiro atoms. The number of benzene rings is 1. The fraction of sp³-hybridized carbons (Fsp3) is 0.333. The van der Waals surface area contributed by atoms with E-state index in [1.165, 1.54) is 5.01 Å². The number of anilines is 1. The molecule has 0 aliphatic rings. The highest BCUT2D eigenvalue weighted by Gasteiger charge is 2.11. The molecular weight excluding hydrogens is 214 g/mol. The third-order valence-electron chi connectivity index (χ3n) is 1.66. The van der Waals surface area contributed by atoms with Crippen molar-refractivity contribution >= 4 is 15.7 Å². The summed E-state index contributed by atoms with van der Waals surface area (Å²) in [5.41, 5.74) is 6.83. The summed E-state index contributed by atoms with van der Waals surface area (Å²) in [5, 5.41) is 1.40. The van der Waals surface area contributed by atoms with Crippen molar-refractivity contribution in [2.75, 3.05) is 19.8 Å². The molecule has 0 saturated heterocycles. The highest BCUT2D eigenvalue weighted by atomic mass is 32.2. The number of rotatable bonds is 4. The molecule has 1 aromatic rings. The minimum Gasteiger partial charge on any atom is -0.399 e. The lowest BCUT2D eigenvalue weighted by molar-refractivity contribution is 0.363. The van der Waals surface area contributed by atoms with Crippen molar-refractivity contribution in [1.29, 1.82) is 0 Å². The second kappa shape index (κ2) is 4.61. The van der Waals surface area contributed by atoms with Crippen LogP contribution in [0.25, 0.3) is 0 Å². The average Bonchev–Trinajstić information content (AvgIpc) is 2.06. The van der Waals surface area contributed by atoms with E-state index in [1.54, 1.807) is 38.4 Å². The molecule has 0 aromatic heterocycles. The summed E-state index contributed by atoms with van der Waals surface area (Å²) in [6.07, 6.45) is 0. The number of nitrogens with two attached hydrogens (primary N) is 1. The first-order chi connectivity index (χ1) is 6.89. The van der Waals surface area contributed by atoms with Crippen LogP contribution < -0.4 is 10.6 Å². The zero-order chi connectivity index (χ0) is 11.5. The molecule has 0 fully saturated rings. The summed E-state index contributed by atoms with van der Waals surface area (Å²) in [6, 6.07) is 6.76. The molecule has 15 heavy (non-hydrogen) atoms. The Hall–Kier alpha value is -1.11. The van der Waals surface area contributed by atoms with Crippen molar-refractivity contribution in [1.82, 2.24) is 9.84 Å². The van der Waals surface area contributed by atoms with E-state index < -0.39 is 10.0 Å². The fourth-order valence-electron chi connectivity index (χ4n) is 1.14. The lowest BCUT2D eigenvalue weighted by Crippen LogP contribution is -2.36. The van der Waals surface area contributed by atoms with Gasteiger partial charge >= 0.3 is 0 Å². The number of hydrogen-bond acceptors (Lipinski definition) is 4.